The second kappa shape index (κ2) is 10.1. The molecule has 2 aromatic carbocycles. The summed E-state index contributed by atoms with van der Waals surface area (Å²) >= 11 is 0. The number of aromatic amines is 1. The first kappa shape index (κ1) is 22.9. The highest BCUT2D eigenvalue weighted by Gasteiger charge is 2.25. The number of nitro benzene ring substituents is 1. The van der Waals surface area contributed by atoms with Crippen LogP contribution in [0.4, 0.5) is 10.1 Å². The molecule has 4 rings (SSSR count). The lowest BCUT2D eigenvalue weighted by Crippen LogP contribution is -2.41. The van der Waals surface area contributed by atoms with Crippen LogP contribution >= 0.6 is 0 Å². The number of amides is 1. The summed E-state index contributed by atoms with van der Waals surface area (Å²) in [6.07, 6.45) is 1.74. The summed E-state index contributed by atoms with van der Waals surface area (Å²) < 4.78 is 20.2. The molecule has 0 saturated carbocycles. The number of fused-ring (bicyclic) bond motifs is 1. The molecular formula is C24H27FN4O4. The Hall–Kier alpha value is -3.30. The molecule has 1 aromatic heterocycles. The average molecular weight is 455 g/mol. The van der Waals surface area contributed by atoms with Crippen molar-refractivity contribution in [1.29, 1.82) is 0 Å². The number of nitrogens with zero attached hydrogens (tertiary/aromatic N) is 2. The summed E-state index contributed by atoms with van der Waals surface area (Å²) in [5, 5.41) is 14.9. The highest BCUT2D eigenvalue weighted by Crippen LogP contribution is 2.36. The Morgan fingerprint density at radius 3 is 2.79 bits per heavy atom. The normalized spacial score (nSPS) is 15.5. The number of nitrogens with one attached hydrogen (secondary N) is 2. The lowest BCUT2D eigenvalue weighted by molar-refractivity contribution is -0.384. The van der Waals surface area contributed by atoms with Gasteiger partial charge in [0.15, 0.2) is 0 Å². The minimum absolute atomic E-state index is 0.0269. The number of aryl methyl sites for hydroxylation is 1. The quantitative estimate of drug-likeness (QED) is 0.401. The van der Waals surface area contributed by atoms with Crippen LogP contribution in [-0.4, -0.2) is 60.1 Å². The topological polar surface area (TPSA) is 100 Å². The second-order valence-electron chi connectivity index (χ2n) is 8.32. The van der Waals surface area contributed by atoms with Crippen LogP contribution in [0.3, 0.4) is 0 Å². The molecule has 0 aliphatic carbocycles. The van der Waals surface area contributed by atoms with E-state index >= 15 is 0 Å². The number of aromatic nitrogens is 1. The molecule has 2 heterocycles. The first-order chi connectivity index (χ1) is 15.9. The first-order valence-corrected chi connectivity index (χ1v) is 11.0. The second-order valence-corrected chi connectivity index (χ2v) is 8.32. The molecule has 1 atom stereocenters. The van der Waals surface area contributed by atoms with Crippen LogP contribution in [0.15, 0.2) is 42.6 Å². The van der Waals surface area contributed by atoms with Gasteiger partial charge in [0.25, 0.3) is 5.69 Å². The van der Waals surface area contributed by atoms with Crippen LogP contribution < -0.4 is 5.32 Å². The Kier molecular flexibility index (Phi) is 7.00. The van der Waals surface area contributed by atoms with Crippen molar-refractivity contribution in [2.75, 3.05) is 39.4 Å². The van der Waals surface area contributed by atoms with Gasteiger partial charge in [0, 0.05) is 67.8 Å². The molecule has 0 bridgehead atoms. The molecule has 3 aromatic rings. The van der Waals surface area contributed by atoms with Crippen LogP contribution in [0.2, 0.25) is 0 Å². The highest BCUT2D eigenvalue weighted by atomic mass is 19.1. The molecule has 0 radical (unpaired) electrons. The molecule has 0 spiro atoms. The molecule has 1 aliphatic heterocycles. The lowest BCUT2D eigenvalue weighted by atomic mass is 9.86. The van der Waals surface area contributed by atoms with Gasteiger partial charge >= 0.3 is 0 Å². The maximum atomic E-state index is 14.9. The van der Waals surface area contributed by atoms with Crippen LogP contribution in [0.1, 0.15) is 29.0 Å². The summed E-state index contributed by atoms with van der Waals surface area (Å²) in [5.41, 5.74) is 2.56. The molecule has 2 N–H and O–H groups in total. The number of nitro groups is 1. The molecule has 0 unspecified atom stereocenters. The number of non-ortho nitro benzene ring substituents is 1. The number of morpholine rings is 1. The predicted molar refractivity (Wildman–Crippen MR) is 123 cm³/mol. The average Bonchev–Trinajstić information content (AvgIpc) is 3.23. The van der Waals surface area contributed by atoms with Crippen LogP contribution in [0, 0.1) is 22.9 Å². The Labute approximate surface area is 190 Å². The smallest absolute Gasteiger partial charge is 0.270 e. The van der Waals surface area contributed by atoms with Gasteiger partial charge in [0.05, 0.1) is 18.1 Å². The number of benzene rings is 2. The summed E-state index contributed by atoms with van der Waals surface area (Å²) in [4.78, 5) is 29.0. The number of halogens is 1. The van der Waals surface area contributed by atoms with E-state index in [0.717, 1.165) is 25.2 Å². The van der Waals surface area contributed by atoms with Gasteiger partial charge in [-0.05, 0) is 30.2 Å². The Balaban J connectivity index is 1.60. The van der Waals surface area contributed by atoms with E-state index in [1.165, 1.54) is 18.2 Å². The van der Waals surface area contributed by atoms with Crippen LogP contribution in [-0.2, 0) is 9.53 Å². The van der Waals surface area contributed by atoms with Gasteiger partial charge in [0.2, 0.25) is 5.91 Å². The maximum absolute atomic E-state index is 14.9. The third-order valence-electron chi connectivity index (χ3n) is 6.05. The summed E-state index contributed by atoms with van der Waals surface area (Å²) in [5.74, 6) is -1.20. The molecule has 1 aliphatic rings. The predicted octanol–water partition coefficient (Wildman–Crippen LogP) is 3.49. The van der Waals surface area contributed by atoms with Crippen molar-refractivity contribution in [3.63, 3.8) is 0 Å². The fourth-order valence-corrected chi connectivity index (χ4v) is 4.29. The molecule has 174 valence electrons. The molecular weight excluding hydrogens is 427 g/mol. The maximum Gasteiger partial charge on any atom is 0.270 e. The van der Waals surface area contributed by atoms with Gasteiger partial charge in [-0.2, -0.15) is 0 Å². The third-order valence-corrected chi connectivity index (χ3v) is 6.05. The zero-order chi connectivity index (χ0) is 23.4. The van der Waals surface area contributed by atoms with Crippen LogP contribution in [0.25, 0.3) is 10.9 Å². The summed E-state index contributed by atoms with van der Waals surface area (Å²) in [6.45, 7) is 6.12. The third kappa shape index (κ3) is 5.37. The van der Waals surface area contributed by atoms with Crippen molar-refractivity contribution in [2.24, 2.45) is 0 Å². The van der Waals surface area contributed by atoms with Crippen LogP contribution in [0.5, 0.6) is 0 Å². The highest BCUT2D eigenvalue weighted by molar-refractivity contribution is 5.87. The van der Waals surface area contributed by atoms with Gasteiger partial charge in [-0.25, -0.2) is 4.39 Å². The number of ether oxygens (including phenoxy) is 1. The fourth-order valence-electron chi connectivity index (χ4n) is 4.29. The molecule has 8 nitrogen and oxygen atoms in total. The number of hydrogen-bond donors (Lipinski definition) is 2. The van der Waals surface area contributed by atoms with Crippen molar-refractivity contribution in [2.45, 2.75) is 19.3 Å². The largest absolute Gasteiger partial charge is 0.379 e. The number of rotatable bonds is 8. The zero-order valence-corrected chi connectivity index (χ0v) is 18.5. The lowest BCUT2D eigenvalue weighted by Gasteiger charge is -2.26. The number of carbonyl (C=O) groups is 1. The summed E-state index contributed by atoms with van der Waals surface area (Å²) in [6, 6.07) is 9.32. The van der Waals surface area contributed by atoms with E-state index in [4.69, 9.17) is 4.74 Å². The Bertz CT molecular complexity index is 1160. The van der Waals surface area contributed by atoms with E-state index in [1.54, 1.807) is 24.4 Å². The minimum atomic E-state index is -0.593. The van der Waals surface area contributed by atoms with E-state index in [0.29, 0.717) is 41.8 Å². The van der Waals surface area contributed by atoms with Crippen molar-refractivity contribution in [1.82, 2.24) is 15.2 Å². The van der Waals surface area contributed by atoms with E-state index in [2.05, 4.69) is 15.2 Å². The van der Waals surface area contributed by atoms with Crippen molar-refractivity contribution >= 4 is 22.5 Å². The SMILES string of the molecule is Cc1ccc(F)c([C@@H](CC(=O)NCCN2CCOCC2)c2c[nH]c3ccc([N+](=O)[O-])cc23)c1. The molecule has 1 saturated heterocycles. The van der Waals surface area contributed by atoms with Gasteiger partial charge in [-0.1, -0.05) is 17.7 Å². The van der Waals surface area contributed by atoms with Gasteiger partial charge in [-0.3, -0.25) is 19.8 Å². The number of hydrogen-bond acceptors (Lipinski definition) is 5. The van der Waals surface area contributed by atoms with E-state index in [-0.39, 0.29) is 18.0 Å². The van der Waals surface area contributed by atoms with Crippen molar-refractivity contribution in [3.8, 4) is 0 Å². The Morgan fingerprint density at radius 1 is 1.24 bits per heavy atom. The molecule has 1 fully saturated rings. The van der Waals surface area contributed by atoms with Gasteiger partial charge < -0.3 is 15.0 Å². The first-order valence-electron chi connectivity index (χ1n) is 11.0. The molecule has 9 heteroatoms. The van der Waals surface area contributed by atoms with Crippen molar-refractivity contribution < 1.29 is 18.8 Å². The minimum Gasteiger partial charge on any atom is -0.379 e. The monoisotopic (exact) mass is 454 g/mol. The van der Waals surface area contributed by atoms with Crippen molar-refractivity contribution in [3.05, 3.63) is 75.2 Å². The number of H-pyrrole nitrogens is 1. The fraction of sp³-hybridized carbons (Fsp3) is 0.375. The molecule has 33 heavy (non-hydrogen) atoms. The number of carbonyl (C=O) groups excluding carboxylic acids is 1. The standard InChI is InChI=1S/C24H27FN4O4/c1-16-2-4-22(25)19(12-16)18(14-24(30)26-6-7-28-8-10-33-11-9-28)21-15-27-23-5-3-17(29(31)32)13-20(21)23/h2-5,12-13,15,18,27H,6-11,14H2,1H3,(H,26,30)/t18-/m1/s1. The van der Waals surface area contributed by atoms with E-state index < -0.39 is 16.7 Å². The van der Waals surface area contributed by atoms with Gasteiger partial charge in [0.1, 0.15) is 5.82 Å². The van der Waals surface area contributed by atoms with E-state index in [9.17, 15) is 19.3 Å². The zero-order valence-electron chi connectivity index (χ0n) is 18.5. The van der Waals surface area contributed by atoms with E-state index in [1.807, 2.05) is 6.92 Å². The Morgan fingerprint density at radius 2 is 2.03 bits per heavy atom. The van der Waals surface area contributed by atoms with Gasteiger partial charge in [-0.15, -0.1) is 0 Å². The summed E-state index contributed by atoms with van der Waals surface area (Å²) in [7, 11) is 0. The molecule has 1 amide bonds.